The van der Waals surface area contributed by atoms with Gasteiger partial charge in [0.1, 0.15) is 5.69 Å². The van der Waals surface area contributed by atoms with Gasteiger partial charge in [0.25, 0.3) is 0 Å². The molecule has 0 atom stereocenters. The average molecular weight is 464 g/mol. The summed E-state index contributed by atoms with van der Waals surface area (Å²) in [5, 5.41) is 8.45. The van der Waals surface area contributed by atoms with E-state index in [-0.39, 0.29) is 5.41 Å². The zero-order valence-corrected chi connectivity index (χ0v) is 21.2. The Morgan fingerprint density at radius 2 is 1.65 bits per heavy atom. The van der Waals surface area contributed by atoms with Crippen molar-refractivity contribution in [1.82, 2.24) is 4.98 Å². The molecule has 3 aromatic heterocycles. The molecule has 0 fully saturated rings. The molecule has 6 rings (SSSR count). The van der Waals surface area contributed by atoms with Crippen molar-refractivity contribution in [2.24, 2.45) is 5.92 Å². The molecule has 170 valence electrons. The lowest BCUT2D eigenvalue weighted by molar-refractivity contribution is 0.596. The third kappa shape index (κ3) is 3.33. The highest BCUT2D eigenvalue weighted by Gasteiger charge is 2.21. The van der Waals surface area contributed by atoms with Crippen LogP contribution in [0.3, 0.4) is 0 Å². The van der Waals surface area contributed by atoms with Crippen molar-refractivity contribution >= 4 is 54.1 Å². The summed E-state index contributed by atoms with van der Waals surface area (Å²) >= 11 is 1.80. The van der Waals surface area contributed by atoms with Gasteiger partial charge in [-0.3, -0.25) is 4.98 Å². The average Bonchev–Trinajstić information content (AvgIpc) is 3.38. The van der Waals surface area contributed by atoms with Crippen LogP contribution >= 0.6 is 11.3 Å². The Morgan fingerprint density at radius 1 is 0.882 bits per heavy atom. The summed E-state index contributed by atoms with van der Waals surface area (Å²) in [6, 6.07) is 19.8. The SMILES string of the molecule is CC(C)Cc1csc2c1ccc1c3ccnc(-c4cc(C(C)(C)C)c5ccccc5c4)c3oc12. The number of hydrogen-bond acceptors (Lipinski definition) is 3. The van der Waals surface area contributed by atoms with Gasteiger partial charge in [-0.1, -0.05) is 65.0 Å². The predicted molar refractivity (Wildman–Crippen MR) is 147 cm³/mol. The number of rotatable bonds is 3. The first-order chi connectivity index (χ1) is 16.3. The van der Waals surface area contributed by atoms with Gasteiger partial charge in [-0.15, -0.1) is 11.3 Å². The van der Waals surface area contributed by atoms with E-state index < -0.39 is 0 Å². The molecular weight excluding hydrogens is 434 g/mol. The van der Waals surface area contributed by atoms with Crippen molar-refractivity contribution in [3.05, 3.63) is 77.3 Å². The molecule has 34 heavy (non-hydrogen) atoms. The van der Waals surface area contributed by atoms with Gasteiger partial charge in [-0.05, 0) is 74.7 Å². The Bertz CT molecular complexity index is 1690. The second-order valence-corrected chi connectivity index (χ2v) is 11.7. The van der Waals surface area contributed by atoms with Crippen molar-refractivity contribution in [3.63, 3.8) is 0 Å². The molecule has 0 spiro atoms. The lowest BCUT2D eigenvalue weighted by atomic mass is 9.82. The zero-order valence-electron chi connectivity index (χ0n) is 20.4. The van der Waals surface area contributed by atoms with E-state index in [4.69, 9.17) is 9.40 Å². The Morgan fingerprint density at radius 3 is 2.44 bits per heavy atom. The highest BCUT2D eigenvalue weighted by molar-refractivity contribution is 7.18. The minimum absolute atomic E-state index is 0.0212. The molecule has 0 N–H and O–H groups in total. The number of nitrogens with zero attached hydrogens (tertiary/aromatic N) is 1. The van der Waals surface area contributed by atoms with E-state index in [9.17, 15) is 0 Å². The van der Waals surface area contributed by atoms with Crippen molar-refractivity contribution in [2.45, 2.75) is 46.5 Å². The molecule has 0 aliphatic carbocycles. The van der Waals surface area contributed by atoms with Crippen LogP contribution in [0.5, 0.6) is 0 Å². The maximum atomic E-state index is 6.66. The third-order valence-electron chi connectivity index (χ3n) is 6.75. The Balaban J connectivity index is 1.63. The van der Waals surface area contributed by atoms with Crippen LogP contribution in [0.15, 0.2) is 70.6 Å². The summed E-state index contributed by atoms with van der Waals surface area (Å²) in [7, 11) is 0. The monoisotopic (exact) mass is 463 g/mol. The van der Waals surface area contributed by atoms with Crippen LogP contribution in [0.2, 0.25) is 0 Å². The van der Waals surface area contributed by atoms with Gasteiger partial charge < -0.3 is 4.42 Å². The fraction of sp³-hybridized carbons (Fsp3) is 0.258. The normalized spacial score (nSPS) is 12.6. The standard InChI is InChI=1S/C31H29NOS/c1-18(2)14-21-17-34-30-23(21)10-11-24-25-12-13-32-27(28(25)33-29(24)30)20-15-19-8-6-7-9-22(19)26(16-20)31(3,4)5/h6-13,15-18H,14H2,1-5H3. The van der Waals surface area contributed by atoms with Gasteiger partial charge in [-0.2, -0.15) is 0 Å². The number of thiophene rings is 1. The molecule has 0 radical (unpaired) electrons. The quantitative estimate of drug-likeness (QED) is 0.261. The van der Waals surface area contributed by atoms with Gasteiger partial charge >= 0.3 is 0 Å². The van der Waals surface area contributed by atoms with E-state index in [1.165, 1.54) is 37.4 Å². The van der Waals surface area contributed by atoms with Gasteiger partial charge in [0.05, 0.1) is 4.70 Å². The number of aromatic nitrogens is 1. The lowest BCUT2D eigenvalue weighted by Crippen LogP contribution is -2.12. The largest absolute Gasteiger partial charge is 0.452 e. The molecule has 3 heteroatoms. The van der Waals surface area contributed by atoms with Crippen LogP contribution in [-0.2, 0) is 11.8 Å². The smallest absolute Gasteiger partial charge is 0.161 e. The third-order valence-corrected chi connectivity index (χ3v) is 7.79. The number of benzene rings is 3. The fourth-order valence-electron chi connectivity index (χ4n) is 5.18. The molecule has 0 aliphatic heterocycles. The van der Waals surface area contributed by atoms with Crippen molar-refractivity contribution in [1.29, 1.82) is 0 Å². The lowest BCUT2D eigenvalue weighted by Gasteiger charge is -2.22. The molecule has 0 saturated carbocycles. The van der Waals surface area contributed by atoms with Crippen LogP contribution in [0.25, 0.3) is 54.1 Å². The van der Waals surface area contributed by atoms with E-state index >= 15 is 0 Å². The Labute approximate surface area is 204 Å². The second-order valence-electron chi connectivity index (χ2n) is 10.8. The topological polar surface area (TPSA) is 26.0 Å². The van der Waals surface area contributed by atoms with Gasteiger partial charge in [0, 0.05) is 22.5 Å². The first-order valence-electron chi connectivity index (χ1n) is 12.0. The zero-order chi connectivity index (χ0) is 23.6. The van der Waals surface area contributed by atoms with E-state index in [0.29, 0.717) is 5.92 Å². The second kappa shape index (κ2) is 7.68. The molecule has 0 unspecified atom stereocenters. The number of hydrogen-bond donors (Lipinski definition) is 0. The van der Waals surface area contributed by atoms with Gasteiger partial charge in [0.2, 0.25) is 0 Å². The van der Waals surface area contributed by atoms with E-state index in [0.717, 1.165) is 34.2 Å². The maximum absolute atomic E-state index is 6.66. The Kier molecular flexibility index (Phi) is 4.82. The number of furan rings is 1. The van der Waals surface area contributed by atoms with Crippen LogP contribution in [-0.4, -0.2) is 4.98 Å². The molecular formula is C31H29NOS. The highest BCUT2D eigenvalue weighted by atomic mass is 32.1. The minimum Gasteiger partial charge on any atom is -0.452 e. The van der Waals surface area contributed by atoms with E-state index in [1.54, 1.807) is 11.3 Å². The summed E-state index contributed by atoms with van der Waals surface area (Å²) in [6.45, 7) is 11.4. The molecule has 6 aromatic rings. The van der Waals surface area contributed by atoms with Crippen molar-refractivity contribution in [2.75, 3.05) is 0 Å². The van der Waals surface area contributed by atoms with E-state index in [1.807, 2.05) is 6.20 Å². The first-order valence-corrected chi connectivity index (χ1v) is 12.9. The van der Waals surface area contributed by atoms with Gasteiger partial charge in [-0.25, -0.2) is 0 Å². The Hall–Kier alpha value is -3.17. The van der Waals surface area contributed by atoms with Crippen LogP contribution in [0.1, 0.15) is 45.7 Å². The highest BCUT2D eigenvalue weighted by Crippen LogP contribution is 2.42. The predicted octanol–water partition coefficient (Wildman–Crippen LogP) is 9.51. The summed E-state index contributed by atoms with van der Waals surface area (Å²) < 4.78 is 7.90. The molecule has 2 nitrogen and oxygen atoms in total. The maximum Gasteiger partial charge on any atom is 0.161 e. The van der Waals surface area contributed by atoms with Gasteiger partial charge in [0.15, 0.2) is 11.2 Å². The van der Waals surface area contributed by atoms with E-state index in [2.05, 4.69) is 94.6 Å². The minimum atomic E-state index is 0.0212. The van der Waals surface area contributed by atoms with Crippen molar-refractivity contribution in [3.8, 4) is 11.3 Å². The molecule has 0 bridgehead atoms. The van der Waals surface area contributed by atoms with Crippen LogP contribution < -0.4 is 0 Å². The summed E-state index contributed by atoms with van der Waals surface area (Å²) in [5.41, 5.74) is 6.65. The molecule has 0 aliphatic rings. The summed E-state index contributed by atoms with van der Waals surface area (Å²) in [4.78, 5) is 4.84. The molecule has 3 heterocycles. The van der Waals surface area contributed by atoms with Crippen molar-refractivity contribution < 1.29 is 4.42 Å². The summed E-state index contributed by atoms with van der Waals surface area (Å²) in [6.07, 6.45) is 3.01. The number of fused-ring (bicyclic) bond motifs is 6. The molecule has 3 aromatic carbocycles. The fourth-order valence-corrected chi connectivity index (χ4v) is 6.24. The van der Waals surface area contributed by atoms with Crippen LogP contribution in [0.4, 0.5) is 0 Å². The summed E-state index contributed by atoms with van der Waals surface area (Å²) in [5.74, 6) is 0.630. The van der Waals surface area contributed by atoms with Crippen LogP contribution in [0, 0.1) is 5.92 Å². The first kappa shape index (κ1) is 21.4. The molecule has 0 amide bonds. The molecule has 0 saturated heterocycles. The number of pyridine rings is 1.